The van der Waals surface area contributed by atoms with Gasteiger partial charge in [-0.1, -0.05) is 6.92 Å². The van der Waals surface area contributed by atoms with E-state index < -0.39 is 6.43 Å². The Balaban J connectivity index is 2.20. The largest absolute Gasteiger partial charge is 0.241 e. The van der Waals surface area contributed by atoms with Gasteiger partial charge in [0.25, 0.3) is 0 Å². The summed E-state index contributed by atoms with van der Waals surface area (Å²) in [6.45, 7) is 1.86. The molecule has 0 bridgehead atoms. The van der Waals surface area contributed by atoms with Crippen molar-refractivity contribution < 1.29 is 8.78 Å². The zero-order chi connectivity index (χ0) is 5.44. The van der Waals surface area contributed by atoms with Gasteiger partial charge in [0.1, 0.15) is 0 Å². The highest BCUT2D eigenvalue weighted by atomic mass is 19.3. The monoisotopic (exact) mass is 106 g/mol. The molecular formula is C5H8F2. The van der Waals surface area contributed by atoms with Crippen LogP contribution in [0.3, 0.4) is 0 Å². The minimum absolute atomic E-state index is 0.264. The standard InChI is InChI=1S/C5H8F2/c1-3-2-4(3)5(6)7/h3-5H,2H2,1H3/t3?,4-/m1/s1. The van der Waals surface area contributed by atoms with E-state index in [4.69, 9.17) is 0 Å². The first-order valence-corrected chi connectivity index (χ1v) is 2.50. The first kappa shape index (κ1) is 5.01. The van der Waals surface area contributed by atoms with Crippen LogP contribution in [0.5, 0.6) is 0 Å². The predicted octanol–water partition coefficient (Wildman–Crippen LogP) is 1.91. The van der Waals surface area contributed by atoms with Crippen molar-refractivity contribution in [1.29, 1.82) is 0 Å². The lowest BCUT2D eigenvalue weighted by Gasteiger charge is -1.88. The number of halogens is 2. The van der Waals surface area contributed by atoms with E-state index in [9.17, 15) is 8.78 Å². The fourth-order valence-electron chi connectivity index (χ4n) is 0.702. The third kappa shape index (κ3) is 0.898. The molecule has 0 spiro atoms. The molecule has 2 heteroatoms. The Hall–Kier alpha value is -0.140. The van der Waals surface area contributed by atoms with E-state index in [2.05, 4.69) is 0 Å². The summed E-state index contributed by atoms with van der Waals surface area (Å²) in [6.07, 6.45) is -1.33. The maximum absolute atomic E-state index is 11.5. The molecule has 0 N–H and O–H groups in total. The summed E-state index contributed by atoms with van der Waals surface area (Å²) >= 11 is 0. The Kier molecular flexibility index (Phi) is 1.02. The first-order valence-electron chi connectivity index (χ1n) is 2.50. The zero-order valence-corrected chi connectivity index (χ0v) is 4.20. The maximum Gasteiger partial charge on any atom is 0.241 e. The van der Waals surface area contributed by atoms with E-state index in [1.807, 2.05) is 6.92 Å². The molecule has 1 aliphatic rings. The van der Waals surface area contributed by atoms with Crippen LogP contribution in [0.15, 0.2) is 0 Å². The van der Waals surface area contributed by atoms with Crippen LogP contribution in [0, 0.1) is 11.8 Å². The van der Waals surface area contributed by atoms with Crippen molar-refractivity contribution >= 4 is 0 Å². The average Bonchev–Trinajstić information content (AvgIpc) is 2.17. The topological polar surface area (TPSA) is 0 Å². The molecule has 1 aliphatic carbocycles. The van der Waals surface area contributed by atoms with Crippen LogP contribution in [0.25, 0.3) is 0 Å². The summed E-state index contributed by atoms with van der Waals surface area (Å²) in [6, 6.07) is 0. The molecule has 0 aromatic rings. The Morgan fingerprint density at radius 3 is 2.00 bits per heavy atom. The lowest BCUT2D eigenvalue weighted by Crippen LogP contribution is -1.92. The molecule has 0 aliphatic heterocycles. The highest BCUT2D eigenvalue weighted by Crippen LogP contribution is 2.42. The lowest BCUT2D eigenvalue weighted by atomic mass is 10.4. The Bertz CT molecular complexity index is 70.5. The molecule has 2 atom stereocenters. The molecule has 1 unspecified atom stereocenters. The summed E-state index contributed by atoms with van der Waals surface area (Å²) in [5, 5.41) is 0. The van der Waals surface area contributed by atoms with Gasteiger partial charge in [-0.05, 0) is 12.3 Å². The molecule has 0 aromatic heterocycles. The van der Waals surface area contributed by atoms with E-state index in [1.165, 1.54) is 0 Å². The summed E-state index contributed by atoms with van der Waals surface area (Å²) in [4.78, 5) is 0. The van der Waals surface area contributed by atoms with Crippen LogP contribution in [0.4, 0.5) is 8.78 Å². The van der Waals surface area contributed by atoms with Crippen molar-refractivity contribution in [3.05, 3.63) is 0 Å². The predicted molar refractivity (Wildman–Crippen MR) is 23.3 cm³/mol. The van der Waals surface area contributed by atoms with Crippen molar-refractivity contribution in [3.63, 3.8) is 0 Å². The van der Waals surface area contributed by atoms with Gasteiger partial charge >= 0.3 is 0 Å². The minimum atomic E-state index is -2.06. The van der Waals surface area contributed by atoms with Gasteiger partial charge in [0.15, 0.2) is 0 Å². The number of hydrogen-bond acceptors (Lipinski definition) is 0. The molecule has 0 heterocycles. The van der Waals surface area contributed by atoms with Crippen LogP contribution >= 0.6 is 0 Å². The van der Waals surface area contributed by atoms with Gasteiger partial charge in [-0.15, -0.1) is 0 Å². The molecule has 0 nitrogen and oxygen atoms in total. The first-order chi connectivity index (χ1) is 3.22. The fraction of sp³-hybridized carbons (Fsp3) is 1.00. The van der Waals surface area contributed by atoms with Crippen molar-refractivity contribution in [2.75, 3.05) is 0 Å². The minimum Gasteiger partial charge on any atom is -0.210 e. The second-order valence-electron chi connectivity index (χ2n) is 2.21. The van der Waals surface area contributed by atoms with Crippen molar-refractivity contribution in [2.24, 2.45) is 11.8 Å². The summed E-state index contributed by atoms with van der Waals surface area (Å²) in [5.41, 5.74) is 0. The van der Waals surface area contributed by atoms with E-state index in [0.717, 1.165) is 6.42 Å². The summed E-state index contributed by atoms with van der Waals surface area (Å²) in [7, 11) is 0. The van der Waals surface area contributed by atoms with E-state index in [1.54, 1.807) is 0 Å². The molecule has 0 saturated heterocycles. The fourth-order valence-corrected chi connectivity index (χ4v) is 0.702. The van der Waals surface area contributed by atoms with E-state index in [-0.39, 0.29) is 5.92 Å². The van der Waals surface area contributed by atoms with Crippen LogP contribution in [-0.2, 0) is 0 Å². The van der Waals surface area contributed by atoms with Crippen LogP contribution in [0.1, 0.15) is 13.3 Å². The molecule has 0 aromatic carbocycles. The Labute approximate surface area is 41.5 Å². The van der Waals surface area contributed by atoms with Gasteiger partial charge in [-0.3, -0.25) is 0 Å². The van der Waals surface area contributed by atoms with Gasteiger partial charge in [0.05, 0.1) is 0 Å². The maximum atomic E-state index is 11.5. The molecular weight excluding hydrogens is 98.1 g/mol. The zero-order valence-electron chi connectivity index (χ0n) is 4.20. The molecule has 7 heavy (non-hydrogen) atoms. The molecule has 42 valence electrons. The van der Waals surface area contributed by atoms with Crippen molar-refractivity contribution in [1.82, 2.24) is 0 Å². The van der Waals surface area contributed by atoms with Crippen LogP contribution < -0.4 is 0 Å². The van der Waals surface area contributed by atoms with Gasteiger partial charge in [-0.25, -0.2) is 8.78 Å². The van der Waals surface area contributed by atoms with E-state index in [0.29, 0.717) is 5.92 Å². The normalized spacial score (nSPS) is 39.4. The van der Waals surface area contributed by atoms with Gasteiger partial charge < -0.3 is 0 Å². The second kappa shape index (κ2) is 1.42. The Morgan fingerprint density at radius 1 is 1.57 bits per heavy atom. The lowest BCUT2D eigenvalue weighted by molar-refractivity contribution is 0.117. The van der Waals surface area contributed by atoms with Gasteiger partial charge in [-0.2, -0.15) is 0 Å². The summed E-state index contributed by atoms with van der Waals surface area (Å²) in [5.74, 6) is 0.0278. The highest BCUT2D eigenvalue weighted by Gasteiger charge is 2.40. The third-order valence-electron chi connectivity index (χ3n) is 1.50. The molecule has 1 fully saturated rings. The highest BCUT2D eigenvalue weighted by molar-refractivity contribution is 4.83. The summed E-state index contributed by atoms with van der Waals surface area (Å²) < 4.78 is 22.9. The van der Waals surface area contributed by atoms with Crippen LogP contribution in [-0.4, -0.2) is 6.43 Å². The number of rotatable bonds is 1. The smallest absolute Gasteiger partial charge is 0.210 e. The van der Waals surface area contributed by atoms with Crippen LogP contribution in [0.2, 0.25) is 0 Å². The molecule has 1 rings (SSSR count). The molecule has 0 amide bonds. The van der Waals surface area contributed by atoms with Crippen molar-refractivity contribution in [2.45, 2.75) is 19.8 Å². The molecule has 0 radical (unpaired) electrons. The van der Waals surface area contributed by atoms with Gasteiger partial charge in [0, 0.05) is 5.92 Å². The number of hydrogen-bond donors (Lipinski definition) is 0. The van der Waals surface area contributed by atoms with Crippen molar-refractivity contribution in [3.8, 4) is 0 Å². The van der Waals surface area contributed by atoms with Gasteiger partial charge in [0.2, 0.25) is 6.43 Å². The second-order valence-corrected chi connectivity index (χ2v) is 2.21. The third-order valence-corrected chi connectivity index (χ3v) is 1.50. The average molecular weight is 106 g/mol. The number of alkyl halides is 2. The van der Waals surface area contributed by atoms with E-state index >= 15 is 0 Å². The molecule has 1 saturated carbocycles. The Morgan fingerprint density at radius 2 is 2.00 bits per heavy atom. The quantitative estimate of drug-likeness (QED) is 0.479. The SMILES string of the molecule is CC1C[C@H]1C(F)F.